The van der Waals surface area contributed by atoms with Crippen molar-refractivity contribution >= 4 is 44.3 Å². The summed E-state index contributed by atoms with van der Waals surface area (Å²) < 4.78 is 40.8. The van der Waals surface area contributed by atoms with Crippen molar-refractivity contribution in [2.45, 2.75) is 24.0 Å². The molecule has 2 aromatic heterocycles. The van der Waals surface area contributed by atoms with Crippen LogP contribution in [-0.4, -0.2) is 37.3 Å². The Kier molecular flexibility index (Phi) is 5.41. The number of amides is 1. The van der Waals surface area contributed by atoms with Gasteiger partial charge < -0.3 is 4.90 Å². The summed E-state index contributed by atoms with van der Waals surface area (Å²) in [6.07, 6.45) is 2.03. The van der Waals surface area contributed by atoms with Crippen molar-refractivity contribution in [1.82, 2.24) is 9.88 Å². The normalized spacial score (nSPS) is 14.3. The minimum absolute atomic E-state index is 0.00944. The summed E-state index contributed by atoms with van der Waals surface area (Å²) in [4.78, 5) is 19.6. The number of aromatic nitrogens is 1. The number of anilines is 1. The molecule has 10 heteroatoms. The van der Waals surface area contributed by atoms with Crippen molar-refractivity contribution in [1.29, 1.82) is 0 Å². The van der Waals surface area contributed by atoms with Crippen LogP contribution in [0.3, 0.4) is 0 Å². The van der Waals surface area contributed by atoms with Crippen LogP contribution in [0.5, 0.6) is 0 Å². The number of thiazole rings is 1. The van der Waals surface area contributed by atoms with E-state index in [1.807, 2.05) is 4.90 Å². The number of aryl methyl sites for hydroxylation is 1. The van der Waals surface area contributed by atoms with E-state index in [9.17, 15) is 17.6 Å². The minimum Gasteiger partial charge on any atom is -0.338 e. The summed E-state index contributed by atoms with van der Waals surface area (Å²) in [5.41, 5.74) is 1.59. The van der Waals surface area contributed by atoms with Gasteiger partial charge in [0.25, 0.3) is 15.9 Å². The van der Waals surface area contributed by atoms with Crippen molar-refractivity contribution in [2.24, 2.45) is 0 Å². The standard InChI is InChI=1S/C19H18FN3O3S3/c1-12-17(19(24)23-8-2-3-9-23)28-18(21-12)13-10-16(27-11-13)29(25,26)22-15-6-4-14(20)5-7-15/h4-7,10-11,22H,2-3,8-9H2,1H3. The van der Waals surface area contributed by atoms with Crippen LogP contribution in [0.1, 0.15) is 28.2 Å². The van der Waals surface area contributed by atoms with E-state index in [0.717, 1.165) is 37.3 Å². The van der Waals surface area contributed by atoms with E-state index < -0.39 is 15.8 Å². The third-order valence-corrected chi connectivity index (χ3v) is 8.58. The molecule has 0 radical (unpaired) electrons. The van der Waals surface area contributed by atoms with Crippen molar-refractivity contribution in [3.05, 3.63) is 52.1 Å². The first-order chi connectivity index (χ1) is 13.8. The molecule has 1 fully saturated rings. The summed E-state index contributed by atoms with van der Waals surface area (Å²) in [6, 6.07) is 6.65. The maximum Gasteiger partial charge on any atom is 0.271 e. The third kappa shape index (κ3) is 4.19. The highest BCUT2D eigenvalue weighted by Gasteiger charge is 2.25. The fourth-order valence-corrected chi connectivity index (χ4v) is 6.39. The summed E-state index contributed by atoms with van der Waals surface area (Å²) in [6.45, 7) is 3.33. The molecule has 1 aromatic carbocycles. The minimum atomic E-state index is -3.80. The number of carbonyl (C=O) groups is 1. The van der Waals surface area contributed by atoms with Gasteiger partial charge in [0.05, 0.1) is 5.69 Å². The number of sulfonamides is 1. The number of benzene rings is 1. The van der Waals surface area contributed by atoms with Gasteiger partial charge in [-0.25, -0.2) is 17.8 Å². The molecular weight excluding hydrogens is 433 g/mol. The SMILES string of the molecule is Cc1nc(-c2csc(S(=O)(=O)Nc3ccc(F)cc3)c2)sc1C(=O)N1CCCC1. The van der Waals surface area contributed by atoms with Crippen LogP contribution in [-0.2, 0) is 10.0 Å². The van der Waals surface area contributed by atoms with Gasteiger partial charge in [0.1, 0.15) is 19.9 Å². The van der Waals surface area contributed by atoms with Gasteiger partial charge in [-0.15, -0.1) is 22.7 Å². The lowest BCUT2D eigenvalue weighted by Crippen LogP contribution is -2.27. The second-order valence-electron chi connectivity index (χ2n) is 6.70. The van der Waals surface area contributed by atoms with Gasteiger partial charge in [-0.3, -0.25) is 9.52 Å². The highest BCUT2D eigenvalue weighted by Crippen LogP contribution is 2.34. The highest BCUT2D eigenvalue weighted by atomic mass is 32.2. The summed E-state index contributed by atoms with van der Waals surface area (Å²) in [7, 11) is -3.80. The molecule has 6 nitrogen and oxygen atoms in total. The quantitative estimate of drug-likeness (QED) is 0.625. The van der Waals surface area contributed by atoms with E-state index >= 15 is 0 Å². The second kappa shape index (κ2) is 7.85. The van der Waals surface area contributed by atoms with Crippen LogP contribution >= 0.6 is 22.7 Å². The number of nitrogens with one attached hydrogen (secondary N) is 1. The van der Waals surface area contributed by atoms with Gasteiger partial charge in [0.2, 0.25) is 0 Å². The van der Waals surface area contributed by atoms with Gasteiger partial charge in [-0.1, -0.05) is 0 Å². The lowest BCUT2D eigenvalue weighted by molar-refractivity contribution is 0.0796. The molecule has 29 heavy (non-hydrogen) atoms. The molecule has 152 valence electrons. The Labute approximate surface area is 176 Å². The fourth-order valence-electron chi connectivity index (χ4n) is 3.08. The van der Waals surface area contributed by atoms with E-state index in [1.165, 1.54) is 35.6 Å². The Morgan fingerprint density at radius 2 is 1.90 bits per heavy atom. The number of carbonyl (C=O) groups excluding carboxylic acids is 1. The number of nitrogens with zero attached hydrogens (tertiary/aromatic N) is 2. The first kappa shape index (κ1) is 20.0. The average Bonchev–Trinajstić information content (AvgIpc) is 3.43. The molecule has 1 aliphatic heterocycles. The number of hydrogen-bond donors (Lipinski definition) is 1. The van der Waals surface area contributed by atoms with E-state index in [4.69, 9.17) is 0 Å². The van der Waals surface area contributed by atoms with Crippen molar-refractivity contribution in [3.63, 3.8) is 0 Å². The molecule has 4 rings (SSSR count). The van der Waals surface area contributed by atoms with Gasteiger partial charge >= 0.3 is 0 Å². The lowest BCUT2D eigenvalue weighted by Gasteiger charge is -2.13. The predicted molar refractivity (Wildman–Crippen MR) is 113 cm³/mol. The molecule has 1 saturated heterocycles. The van der Waals surface area contributed by atoms with Crippen LogP contribution in [0.4, 0.5) is 10.1 Å². The van der Waals surface area contributed by atoms with Crippen LogP contribution < -0.4 is 4.72 Å². The zero-order valence-corrected chi connectivity index (χ0v) is 18.0. The third-order valence-electron chi connectivity index (χ3n) is 4.57. The topological polar surface area (TPSA) is 79.4 Å². The average molecular weight is 452 g/mol. The van der Waals surface area contributed by atoms with Crippen LogP contribution in [0.25, 0.3) is 10.6 Å². The monoisotopic (exact) mass is 451 g/mol. The molecule has 1 aliphatic rings. The molecule has 0 unspecified atom stereocenters. The summed E-state index contributed by atoms with van der Waals surface area (Å²) >= 11 is 2.35. The molecule has 0 saturated carbocycles. The van der Waals surface area contributed by atoms with E-state index in [-0.39, 0.29) is 15.8 Å². The van der Waals surface area contributed by atoms with Crippen LogP contribution in [0.2, 0.25) is 0 Å². The Morgan fingerprint density at radius 1 is 1.21 bits per heavy atom. The Bertz CT molecular complexity index is 1150. The largest absolute Gasteiger partial charge is 0.338 e. The number of halogens is 1. The van der Waals surface area contributed by atoms with Crippen molar-refractivity contribution in [2.75, 3.05) is 17.8 Å². The number of thiophene rings is 1. The molecular formula is C19H18FN3O3S3. The molecule has 0 aliphatic carbocycles. The molecule has 0 bridgehead atoms. The predicted octanol–water partition coefficient (Wildman–Crippen LogP) is 4.36. The van der Waals surface area contributed by atoms with E-state index in [0.29, 0.717) is 21.1 Å². The summed E-state index contributed by atoms with van der Waals surface area (Å²) in [5.74, 6) is -0.449. The molecule has 0 spiro atoms. The highest BCUT2D eigenvalue weighted by molar-refractivity contribution is 7.94. The Balaban J connectivity index is 1.56. The number of rotatable bonds is 5. The van der Waals surface area contributed by atoms with Gasteiger partial charge in [0, 0.05) is 29.7 Å². The molecule has 0 atom stereocenters. The van der Waals surface area contributed by atoms with Gasteiger partial charge in [-0.2, -0.15) is 0 Å². The molecule has 3 aromatic rings. The van der Waals surface area contributed by atoms with Crippen LogP contribution in [0.15, 0.2) is 39.9 Å². The van der Waals surface area contributed by atoms with Gasteiger partial charge in [0.15, 0.2) is 0 Å². The first-order valence-electron chi connectivity index (χ1n) is 8.97. The lowest BCUT2D eigenvalue weighted by atomic mass is 10.3. The summed E-state index contributed by atoms with van der Waals surface area (Å²) in [5, 5.41) is 2.33. The smallest absolute Gasteiger partial charge is 0.271 e. The maximum absolute atomic E-state index is 13.0. The number of likely N-dealkylation sites (tertiary alicyclic amines) is 1. The molecule has 1 amide bonds. The molecule has 1 N–H and O–H groups in total. The van der Waals surface area contributed by atoms with E-state index in [2.05, 4.69) is 9.71 Å². The molecule has 3 heterocycles. The fraction of sp³-hybridized carbons (Fsp3) is 0.263. The number of hydrogen-bond acceptors (Lipinski definition) is 6. The second-order valence-corrected chi connectivity index (χ2v) is 10.5. The Morgan fingerprint density at radius 3 is 2.59 bits per heavy atom. The van der Waals surface area contributed by atoms with Crippen molar-refractivity contribution in [3.8, 4) is 10.6 Å². The zero-order chi connectivity index (χ0) is 20.6. The first-order valence-corrected chi connectivity index (χ1v) is 12.2. The van der Waals surface area contributed by atoms with E-state index in [1.54, 1.807) is 18.4 Å². The van der Waals surface area contributed by atoms with Gasteiger partial charge in [-0.05, 0) is 50.1 Å². The van der Waals surface area contributed by atoms with Crippen LogP contribution in [0, 0.1) is 12.7 Å². The van der Waals surface area contributed by atoms with Crippen molar-refractivity contribution < 1.29 is 17.6 Å². The Hall–Kier alpha value is -2.30. The zero-order valence-electron chi connectivity index (χ0n) is 15.5. The maximum atomic E-state index is 13.0.